The normalized spacial score (nSPS) is 18.6. The van der Waals surface area contributed by atoms with Crippen LogP contribution in [0.5, 0.6) is 11.5 Å². The Morgan fingerprint density at radius 2 is 1.92 bits per heavy atom. The zero-order chi connectivity index (χ0) is 18.4. The fourth-order valence-electron chi connectivity index (χ4n) is 2.83. The van der Waals surface area contributed by atoms with Gasteiger partial charge in [-0.3, -0.25) is 0 Å². The van der Waals surface area contributed by atoms with Gasteiger partial charge in [0, 0.05) is 25.2 Å². The number of sulfone groups is 1. The van der Waals surface area contributed by atoms with Crippen LogP contribution in [0.25, 0.3) is 0 Å². The van der Waals surface area contributed by atoms with Gasteiger partial charge in [0.05, 0.1) is 32.3 Å². The van der Waals surface area contributed by atoms with Crippen LogP contribution in [-0.2, 0) is 16.4 Å². The molecule has 1 fully saturated rings. The van der Waals surface area contributed by atoms with Gasteiger partial charge in [-0.15, -0.1) is 0 Å². The molecule has 25 heavy (non-hydrogen) atoms. The average molecular weight is 372 g/mol. The predicted molar refractivity (Wildman–Crippen MR) is 92.6 cm³/mol. The number of aliphatic hydroxyl groups excluding tert-OH is 1. The highest BCUT2D eigenvalue weighted by molar-refractivity contribution is 7.91. The first kappa shape index (κ1) is 19.3. The maximum absolute atomic E-state index is 12.5. The van der Waals surface area contributed by atoms with Crippen molar-refractivity contribution in [1.82, 2.24) is 10.2 Å². The summed E-state index contributed by atoms with van der Waals surface area (Å²) < 4.78 is 33.7. The van der Waals surface area contributed by atoms with Crippen LogP contribution >= 0.6 is 0 Å². The Morgan fingerprint density at radius 1 is 1.28 bits per heavy atom. The monoisotopic (exact) mass is 372 g/mol. The minimum absolute atomic E-state index is 0.0621. The summed E-state index contributed by atoms with van der Waals surface area (Å²) in [5.74, 6) is 1.23. The number of urea groups is 1. The summed E-state index contributed by atoms with van der Waals surface area (Å²) in [5.41, 5.74) is 0.785. The van der Waals surface area contributed by atoms with Crippen LogP contribution in [0, 0.1) is 0 Å². The first-order valence-electron chi connectivity index (χ1n) is 7.96. The van der Waals surface area contributed by atoms with Gasteiger partial charge >= 0.3 is 6.03 Å². The van der Waals surface area contributed by atoms with E-state index in [0.717, 1.165) is 5.56 Å². The molecule has 1 heterocycles. The molecule has 1 aliphatic rings. The van der Waals surface area contributed by atoms with Gasteiger partial charge < -0.3 is 24.8 Å². The van der Waals surface area contributed by atoms with Gasteiger partial charge in [0.25, 0.3) is 0 Å². The lowest BCUT2D eigenvalue weighted by Gasteiger charge is -2.27. The zero-order valence-electron chi connectivity index (χ0n) is 14.4. The Bertz CT molecular complexity index is 684. The number of carbonyl (C=O) groups excluding carboxylic acids is 1. The van der Waals surface area contributed by atoms with Crippen LogP contribution in [-0.4, -0.2) is 69.4 Å². The summed E-state index contributed by atoms with van der Waals surface area (Å²) in [6.45, 7) is 0.0954. The van der Waals surface area contributed by atoms with Gasteiger partial charge in [0.1, 0.15) is 11.5 Å². The average Bonchev–Trinajstić information content (AvgIpc) is 2.96. The zero-order valence-corrected chi connectivity index (χ0v) is 15.2. The molecule has 0 saturated carbocycles. The fraction of sp³-hybridized carbons (Fsp3) is 0.562. The van der Waals surface area contributed by atoms with Crippen LogP contribution in [0.1, 0.15) is 12.0 Å². The van der Waals surface area contributed by atoms with Gasteiger partial charge in [-0.1, -0.05) is 0 Å². The van der Waals surface area contributed by atoms with E-state index in [9.17, 15) is 18.3 Å². The molecule has 0 radical (unpaired) electrons. The van der Waals surface area contributed by atoms with E-state index < -0.39 is 21.9 Å². The lowest BCUT2D eigenvalue weighted by atomic mass is 10.2. The number of amides is 2. The summed E-state index contributed by atoms with van der Waals surface area (Å²) in [4.78, 5) is 13.9. The van der Waals surface area contributed by atoms with Gasteiger partial charge in [-0.25, -0.2) is 13.2 Å². The Labute approximate surface area is 147 Å². The lowest BCUT2D eigenvalue weighted by Crippen LogP contribution is -2.47. The first-order valence-corrected chi connectivity index (χ1v) is 9.78. The molecular weight excluding hydrogens is 348 g/mol. The maximum Gasteiger partial charge on any atom is 0.318 e. The molecular formula is C16H24N2O6S. The summed E-state index contributed by atoms with van der Waals surface area (Å²) in [6.07, 6.45) is 0.392. The van der Waals surface area contributed by atoms with Crippen molar-refractivity contribution in [3.8, 4) is 11.5 Å². The minimum atomic E-state index is -3.11. The topological polar surface area (TPSA) is 105 Å². The molecule has 0 aromatic heterocycles. The minimum Gasteiger partial charge on any atom is -0.497 e. The van der Waals surface area contributed by atoms with Crippen molar-refractivity contribution >= 4 is 15.9 Å². The van der Waals surface area contributed by atoms with Crippen LogP contribution in [0.2, 0.25) is 0 Å². The number of carbonyl (C=O) groups is 1. The number of benzene rings is 1. The Hall–Kier alpha value is -2.00. The number of nitrogens with one attached hydrogen (secondary N) is 1. The van der Waals surface area contributed by atoms with Gasteiger partial charge in [0.2, 0.25) is 0 Å². The highest BCUT2D eigenvalue weighted by atomic mass is 32.2. The summed E-state index contributed by atoms with van der Waals surface area (Å²) in [6, 6.07) is 4.47. The van der Waals surface area contributed by atoms with E-state index in [1.165, 1.54) is 4.90 Å². The number of methoxy groups -OCH3 is 2. The van der Waals surface area contributed by atoms with Gasteiger partial charge in [-0.05, 0) is 24.1 Å². The number of rotatable bonds is 7. The fourth-order valence-corrected chi connectivity index (χ4v) is 4.56. The molecule has 2 N–H and O–H groups in total. The molecule has 0 aliphatic carbocycles. The molecule has 9 heteroatoms. The Balaban J connectivity index is 2.04. The van der Waals surface area contributed by atoms with E-state index in [1.54, 1.807) is 32.4 Å². The molecule has 2 rings (SSSR count). The van der Waals surface area contributed by atoms with Crippen molar-refractivity contribution in [3.05, 3.63) is 23.8 Å². The molecule has 1 aromatic rings. The standard InChI is InChI=1S/C16H24N2O6S/c1-23-14-7-12(8-15(9-14)24-2)10-17-16(20)18(4-5-19)13-3-6-25(21,22)11-13/h7-9,13,19H,3-6,10-11H2,1-2H3,(H,17,20)/t13-/m0/s1. The third-order valence-electron chi connectivity index (χ3n) is 4.11. The van der Waals surface area contributed by atoms with Crippen LogP contribution in [0.3, 0.4) is 0 Å². The number of ether oxygens (including phenoxy) is 2. The van der Waals surface area contributed by atoms with Crippen LogP contribution in [0.4, 0.5) is 4.79 Å². The van der Waals surface area contributed by atoms with E-state index in [4.69, 9.17) is 9.47 Å². The molecule has 1 aliphatic heterocycles. The van der Waals surface area contributed by atoms with E-state index in [2.05, 4.69) is 5.32 Å². The van der Waals surface area contributed by atoms with Crippen molar-refractivity contribution in [2.45, 2.75) is 19.0 Å². The largest absolute Gasteiger partial charge is 0.497 e. The van der Waals surface area contributed by atoms with Crippen molar-refractivity contribution in [2.75, 3.05) is 38.9 Å². The van der Waals surface area contributed by atoms with E-state index >= 15 is 0 Å². The van der Waals surface area contributed by atoms with Crippen molar-refractivity contribution < 1.29 is 27.8 Å². The highest BCUT2D eigenvalue weighted by Crippen LogP contribution is 2.22. The van der Waals surface area contributed by atoms with E-state index in [-0.39, 0.29) is 31.2 Å². The molecule has 2 amide bonds. The summed E-state index contributed by atoms with van der Waals surface area (Å²) in [5, 5.41) is 12.0. The number of hydrogen-bond acceptors (Lipinski definition) is 6. The predicted octanol–water partition coefficient (Wildman–Crippen LogP) is 0.395. The van der Waals surface area contributed by atoms with E-state index in [0.29, 0.717) is 17.9 Å². The molecule has 140 valence electrons. The molecule has 1 saturated heterocycles. The lowest BCUT2D eigenvalue weighted by molar-refractivity contribution is 0.157. The maximum atomic E-state index is 12.5. The van der Waals surface area contributed by atoms with Crippen molar-refractivity contribution in [3.63, 3.8) is 0 Å². The van der Waals surface area contributed by atoms with Gasteiger partial charge in [0.15, 0.2) is 9.84 Å². The quantitative estimate of drug-likeness (QED) is 0.718. The Morgan fingerprint density at radius 3 is 2.40 bits per heavy atom. The molecule has 8 nitrogen and oxygen atoms in total. The third kappa shape index (κ3) is 5.23. The summed E-state index contributed by atoms with van der Waals surface area (Å²) in [7, 11) is -0.0292. The second-order valence-electron chi connectivity index (χ2n) is 5.85. The smallest absolute Gasteiger partial charge is 0.318 e. The summed E-state index contributed by atoms with van der Waals surface area (Å²) >= 11 is 0. The van der Waals surface area contributed by atoms with Crippen molar-refractivity contribution in [1.29, 1.82) is 0 Å². The highest BCUT2D eigenvalue weighted by Gasteiger charge is 2.34. The van der Waals surface area contributed by atoms with Crippen LogP contribution in [0.15, 0.2) is 18.2 Å². The first-order chi connectivity index (χ1) is 11.9. The number of aliphatic hydroxyl groups is 1. The number of nitrogens with zero attached hydrogens (tertiary/aromatic N) is 1. The third-order valence-corrected chi connectivity index (χ3v) is 5.86. The SMILES string of the molecule is COc1cc(CNC(=O)N(CCO)[C@H]2CCS(=O)(=O)C2)cc(OC)c1. The second-order valence-corrected chi connectivity index (χ2v) is 8.08. The molecule has 0 spiro atoms. The number of hydrogen-bond donors (Lipinski definition) is 2. The molecule has 0 bridgehead atoms. The molecule has 0 unspecified atom stereocenters. The van der Waals surface area contributed by atoms with Crippen molar-refractivity contribution in [2.24, 2.45) is 0 Å². The van der Waals surface area contributed by atoms with E-state index in [1.807, 2.05) is 0 Å². The Kier molecular flexibility index (Phi) is 6.49. The molecule has 1 aromatic carbocycles. The van der Waals surface area contributed by atoms with Gasteiger partial charge in [-0.2, -0.15) is 0 Å². The van der Waals surface area contributed by atoms with Crippen LogP contribution < -0.4 is 14.8 Å². The molecule has 1 atom stereocenters. The second kappa shape index (κ2) is 8.39.